The maximum Gasteiger partial charge on any atom is 0.0523 e. The molecule has 3 heteroatoms. The van der Waals surface area contributed by atoms with Crippen LogP contribution in [0.3, 0.4) is 0 Å². The minimum absolute atomic E-state index is 0.381. The Balaban J connectivity index is 2.21. The molecule has 0 bridgehead atoms. The number of nitrogens with zero attached hydrogens (tertiary/aromatic N) is 3. The molecule has 1 fully saturated rings. The van der Waals surface area contributed by atoms with Crippen molar-refractivity contribution in [1.29, 1.82) is 0 Å². The maximum atomic E-state index is 8.27. The molecule has 0 amide bonds. The van der Waals surface area contributed by atoms with Crippen LogP contribution in [0.2, 0.25) is 0 Å². The van der Waals surface area contributed by atoms with E-state index in [-0.39, 0.29) is 0 Å². The van der Waals surface area contributed by atoms with Crippen molar-refractivity contribution >= 4 is 0 Å². The van der Waals surface area contributed by atoms with E-state index < -0.39 is 0 Å². The highest BCUT2D eigenvalue weighted by atomic mass is 15.1. The molecule has 15 heavy (non-hydrogen) atoms. The summed E-state index contributed by atoms with van der Waals surface area (Å²) >= 11 is 0. The first-order chi connectivity index (χ1) is 7.40. The van der Waals surface area contributed by atoms with Crippen LogP contribution in [0.4, 0.5) is 0 Å². The molecule has 1 aromatic carbocycles. The quantitative estimate of drug-likeness (QED) is 0.302. The first-order valence-corrected chi connectivity index (χ1v) is 5.00. The number of azide groups is 1. The van der Waals surface area contributed by atoms with E-state index in [1.807, 2.05) is 24.3 Å². The standard InChI is InChI=1S/C12H11N3/c13-15-14-9-12-4-2-1-3-11(12)8-7-10-5-6-10/h1-4,10H,5-6,9H2. The molecule has 0 heterocycles. The first-order valence-electron chi connectivity index (χ1n) is 5.00. The van der Waals surface area contributed by atoms with E-state index in [9.17, 15) is 0 Å². The van der Waals surface area contributed by atoms with Gasteiger partial charge >= 0.3 is 0 Å². The van der Waals surface area contributed by atoms with Crippen LogP contribution in [0.25, 0.3) is 10.4 Å². The monoisotopic (exact) mass is 197 g/mol. The van der Waals surface area contributed by atoms with Crippen molar-refractivity contribution in [1.82, 2.24) is 0 Å². The third-order valence-corrected chi connectivity index (χ3v) is 2.31. The van der Waals surface area contributed by atoms with Crippen molar-refractivity contribution in [2.24, 2.45) is 11.0 Å². The van der Waals surface area contributed by atoms with Crippen LogP contribution in [-0.2, 0) is 6.54 Å². The SMILES string of the molecule is [N-]=[N+]=NCc1ccccc1C#CC1CC1. The lowest BCUT2D eigenvalue weighted by atomic mass is 10.1. The predicted octanol–water partition coefficient (Wildman–Crippen LogP) is 3.26. The second-order valence-corrected chi connectivity index (χ2v) is 3.59. The maximum absolute atomic E-state index is 8.27. The van der Waals surface area contributed by atoms with Crippen LogP contribution in [0, 0.1) is 17.8 Å². The third kappa shape index (κ3) is 2.77. The molecule has 0 radical (unpaired) electrons. The predicted molar refractivity (Wildman–Crippen MR) is 58.9 cm³/mol. The average molecular weight is 197 g/mol. The van der Waals surface area contributed by atoms with Crippen molar-refractivity contribution < 1.29 is 0 Å². The summed E-state index contributed by atoms with van der Waals surface area (Å²) in [5.74, 6) is 6.95. The second kappa shape index (κ2) is 4.54. The Morgan fingerprint density at radius 2 is 2.20 bits per heavy atom. The van der Waals surface area contributed by atoms with Gasteiger partial charge in [-0.3, -0.25) is 0 Å². The number of hydrogen-bond donors (Lipinski definition) is 0. The molecule has 0 N–H and O–H groups in total. The van der Waals surface area contributed by atoms with Gasteiger partial charge in [0, 0.05) is 16.4 Å². The molecule has 3 nitrogen and oxygen atoms in total. The van der Waals surface area contributed by atoms with Gasteiger partial charge in [-0.05, 0) is 30.0 Å². The van der Waals surface area contributed by atoms with Crippen LogP contribution >= 0.6 is 0 Å². The topological polar surface area (TPSA) is 48.8 Å². The lowest BCUT2D eigenvalue weighted by molar-refractivity contribution is 1.04. The van der Waals surface area contributed by atoms with E-state index in [4.69, 9.17) is 5.53 Å². The van der Waals surface area contributed by atoms with Crippen molar-refractivity contribution in [2.45, 2.75) is 19.4 Å². The summed E-state index contributed by atoms with van der Waals surface area (Å²) < 4.78 is 0. The van der Waals surface area contributed by atoms with Gasteiger partial charge in [0.2, 0.25) is 0 Å². The molecule has 1 aliphatic carbocycles. The van der Waals surface area contributed by atoms with Gasteiger partial charge in [-0.1, -0.05) is 35.2 Å². The first kappa shape index (κ1) is 9.64. The fourth-order valence-electron chi connectivity index (χ4n) is 1.30. The zero-order valence-corrected chi connectivity index (χ0v) is 8.35. The normalized spacial score (nSPS) is 13.6. The number of benzene rings is 1. The molecule has 1 aromatic rings. The summed E-state index contributed by atoms with van der Waals surface area (Å²) in [6.07, 6.45) is 2.46. The molecule has 0 aliphatic heterocycles. The van der Waals surface area contributed by atoms with Gasteiger partial charge in [-0.15, -0.1) is 0 Å². The van der Waals surface area contributed by atoms with E-state index in [1.54, 1.807) is 0 Å². The zero-order chi connectivity index (χ0) is 10.5. The molecule has 2 rings (SSSR count). The summed E-state index contributed by atoms with van der Waals surface area (Å²) in [6.45, 7) is 0.381. The molecule has 0 saturated heterocycles. The lowest BCUT2D eigenvalue weighted by Gasteiger charge is -1.98. The third-order valence-electron chi connectivity index (χ3n) is 2.31. The molecule has 0 aromatic heterocycles. The summed E-state index contributed by atoms with van der Waals surface area (Å²) in [6, 6.07) is 7.81. The molecular weight excluding hydrogens is 186 g/mol. The lowest BCUT2D eigenvalue weighted by Crippen LogP contribution is -1.86. The van der Waals surface area contributed by atoms with Gasteiger partial charge in [0.15, 0.2) is 0 Å². The highest BCUT2D eigenvalue weighted by Crippen LogP contribution is 2.27. The van der Waals surface area contributed by atoms with E-state index in [2.05, 4.69) is 21.9 Å². The largest absolute Gasteiger partial charge is 0.0945 e. The Hall–Kier alpha value is -1.91. The van der Waals surface area contributed by atoms with E-state index in [0.29, 0.717) is 12.5 Å². The van der Waals surface area contributed by atoms with Crippen molar-refractivity contribution in [2.75, 3.05) is 0 Å². The molecule has 1 aliphatic rings. The van der Waals surface area contributed by atoms with Crippen molar-refractivity contribution in [3.05, 3.63) is 45.8 Å². The molecule has 0 atom stereocenters. The Morgan fingerprint density at radius 1 is 1.40 bits per heavy atom. The number of rotatable bonds is 2. The summed E-state index contributed by atoms with van der Waals surface area (Å²) in [4.78, 5) is 2.76. The highest BCUT2D eigenvalue weighted by molar-refractivity contribution is 5.42. The van der Waals surface area contributed by atoms with Gasteiger partial charge < -0.3 is 0 Å². The molecule has 1 saturated carbocycles. The van der Waals surface area contributed by atoms with Crippen LogP contribution < -0.4 is 0 Å². The minimum atomic E-state index is 0.381. The van der Waals surface area contributed by atoms with Crippen molar-refractivity contribution in [3.8, 4) is 11.8 Å². The van der Waals surface area contributed by atoms with Crippen LogP contribution in [0.1, 0.15) is 24.0 Å². The smallest absolute Gasteiger partial charge is 0.0523 e. The summed E-state index contributed by atoms with van der Waals surface area (Å²) in [7, 11) is 0. The molecule has 0 spiro atoms. The summed E-state index contributed by atoms with van der Waals surface area (Å²) in [5.41, 5.74) is 10.3. The molecular formula is C12H11N3. The van der Waals surface area contributed by atoms with Gasteiger partial charge in [0.1, 0.15) is 0 Å². The Morgan fingerprint density at radius 3 is 2.93 bits per heavy atom. The van der Waals surface area contributed by atoms with E-state index in [1.165, 1.54) is 12.8 Å². The second-order valence-electron chi connectivity index (χ2n) is 3.59. The van der Waals surface area contributed by atoms with E-state index in [0.717, 1.165) is 11.1 Å². The van der Waals surface area contributed by atoms with Gasteiger partial charge in [-0.2, -0.15) is 0 Å². The zero-order valence-electron chi connectivity index (χ0n) is 8.35. The van der Waals surface area contributed by atoms with Gasteiger partial charge in [0.05, 0.1) is 6.54 Å². The van der Waals surface area contributed by atoms with Crippen LogP contribution in [0.5, 0.6) is 0 Å². The average Bonchev–Trinajstić information content (AvgIpc) is 3.08. The Kier molecular flexibility index (Phi) is 2.92. The Bertz CT molecular complexity index is 457. The van der Waals surface area contributed by atoms with Gasteiger partial charge in [-0.25, -0.2) is 0 Å². The van der Waals surface area contributed by atoms with Crippen LogP contribution in [0.15, 0.2) is 29.4 Å². The van der Waals surface area contributed by atoms with Crippen LogP contribution in [-0.4, -0.2) is 0 Å². The molecule has 0 unspecified atom stereocenters. The summed E-state index contributed by atoms with van der Waals surface area (Å²) in [5, 5.41) is 3.56. The van der Waals surface area contributed by atoms with Gasteiger partial charge in [0.25, 0.3) is 0 Å². The molecule has 74 valence electrons. The van der Waals surface area contributed by atoms with Crippen molar-refractivity contribution in [3.63, 3.8) is 0 Å². The Labute approximate surface area is 88.7 Å². The van der Waals surface area contributed by atoms with E-state index >= 15 is 0 Å². The number of hydrogen-bond acceptors (Lipinski definition) is 1. The fraction of sp³-hybridized carbons (Fsp3) is 0.333. The fourth-order valence-corrected chi connectivity index (χ4v) is 1.30. The highest BCUT2D eigenvalue weighted by Gasteiger charge is 2.17. The minimum Gasteiger partial charge on any atom is -0.0945 e.